The number of carboxylic acids is 2. The van der Waals surface area contributed by atoms with Crippen molar-refractivity contribution in [2.45, 2.75) is 146 Å². The van der Waals surface area contributed by atoms with Crippen LogP contribution in [0.15, 0.2) is 213 Å². The Morgan fingerprint density at radius 3 is 1.96 bits per heavy atom. The number of carbonyl (C=O) groups is 5. The van der Waals surface area contributed by atoms with Gasteiger partial charge in [-0.2, -0.15) is 0 Å². The minimum Gasteiger partial charge on any atom is -0.492 e. The van der Waals surface area contributed by atoms with Gasteiger partial charge in [-0.1, -0.05) is 59.6 Å². The molecule has 0 spiro atoms. The second-order valence-electron chi connectivity index (χ2n) is 27.1. The highest BCUT2D eigenvalue weighted by Crippen LogP contribution is 2.34. The van der Waals surface area contributed by atoms with Gasteiger partial charge in [-0.15, -0.1) is 46.6 Å². The second kappa shape index (κ2) is 43.2. The Kier molecular flexibility index (Phi) is 34.0. The van der Waals surface area contributed by atoms with Crippen LogP contribution in [0.25, 0.3) is 38.5 Å². The molecule has 0 radical (unpaired) electrons. The molecule has 0 amide bonds. The monoisotopic (exact) mass is 1640 g/mol. The van der Waals surface area contributed by atoms with Crippen molar-refractivity contribution >= 4 is 125 Å². The van der Waals surface area contributed by atoms with Crippen LogP contribution in [-0.4, -0.2) is 131 Å². The zero-order chi connectivity index (χ0) is 81.9. The van der Waals surface area contributed by atoms with Gasteiger partial charge < -0.3 is 43.2 Å². The lowest BCUT2D eigenvalue weighted by Gasteiger charge is -2.26. The Balaban J connectivity index is 0.000000189. The number of aliphatic carboxylic acids is 2. The molecule has 3 heterocycles. The highest BCUT2D eigenvalue weighted by Gasteiger charge is 2.28. The number of fused-ring (bicyclic) bond motifs is 2. The summed E-state index contributed by atoms with van der Waals surface area (Å²) in [6, 6.07) is 57.6. The van der Waals surface area contributed by atoms with Crippen LogP contribution in [0.3, 0.4) is 0 Å². The number of thiazole rings is 1. The standard InChI is InChI=1S/C25H29NO4S.C23H26O3S.C22H28O4S.C19H15ClN2O4S2/c1-4-29-24(25(27)28)17-19-6-10-21(11-7-19)30-16-15-26-18(2)5-14-23(26)20-8-12-22(31-3)13-9-20;1-15-13-18(14-16(2)22(15)26-23(4,5)17(3)24)7-12-21(25)19-8-10-20(27-6)11-9-19;1-5-24-20(14-25-19-8-6-16(2)7-9-19)15-27-21-10-11-22(17(3)12-21)26-13-18(4)23;20-13-4-7-17-12(8-13)9-14(2-1-3-19(23)24)22(17)28(25,26)15-5-6-16-18(10-15)27-11-21-16/h5-14,24H,4,15-17H2,1-3H3,(H,27,28);7-14H,1-6H3;6-12,20H,5,13-15H2,1-4H3;4-11H,1-3H2,(H,23,24)/b;12-7+;;/t24-;;20-;/m0.1./s1. The van der Waals surface area contributed by atoms with Gasteiger partial charge >= 0.3 is 11.9 Å². The first kappa shape index (κ1) is 89.1. The Morgan fingerprint density at radius 2 is 1.34 bits per heavy atom. The Bertz CT molecular complexity index is 5150. The smallest absolute Gasteiger partial charge is 0.333 e. The maximum atomic E-state index is 13.5. The van der Waals surface area contributed by atoms with E-state index >= 15 is 0 Å². The lowest BCUT2D eigenvalue weighted by molar-refractivity contribution is -0.150. The van der Waals surface area contributed by atoms with Gasteiger partial charge in [-0.3, -0.25) is 19.2 Å². The number of allylic oxidation sites excluding steroid dienone is 1. The van der Waals surface area contributed by atoms with Gasteiger partial charge in [0.2, 0.25) is 0 Å². The van der Waals surface area contributed by atoms with Crippen molar-refractivity contribution in [2.24, 2.45) is 0 Å². The minimum atomic E-state index is -3.88. The van der Waals surface area contributed by atoms with Crippen molar-refractivity contribution in [3.05, 3.63) is 249 Å². The molecule has 0 aliphatic heterocycles. The van der Waals surface area contributed by atoms with E-state index < -0.39 is 33.7 Å². The van der Waals surface area contributed by atoms with Gasteiger partial charge in [0.1, 0.15) is 48.9 Å². The lowest BCUT2D eigenvalue weighted by Crippen LogP contribution is -2.36. The van der Waals surface area contributed by atoms with E-state index in [0.29, 0.717) is 78.6 Å². The zero-order valence-electron chi connectivity index (χ0n) is 65.9. The molecule has 0 saturated carbocycles. The van der Waals surface area contributed by atoms with E-state index in [1.807, 2.05) is 137 Å². The van der Waals surface area contributed by atoms with Crippen molar-refractivity contribution in [1.29, 1.82) is 0 Å². The van der Waals surface area contributed by atoms with Crippen molar-refractivity contribution in [2.75, 3.05) is 51.3 Å². The lowest BCUT2D eigenvalue weighted by atomic mass is 10.0. The number of aryl methyl sites for hydroxylation is 6. The molecule has 0 aliphatic carbocycles. The van der Waals surface area contributed by atoms with E-state index in [2.05, 4.69) is 72.1 Å². The fourth-order valence-corrected chi connectivity index (χ4v) is 16.1. The van der Waals surface area contributed by atoms with E-state index in [4.69, 9.17) is 45.1 Å². The first-order valence-corrected chi connectivity index (χ1v) is 42.9. The van der Waals surface area contributed by atoms with E-state index in [-0.39, 0.29) is 41.4 Å². The Morgan fingerprint density at radius 1 is 0.690 bits per heavy atom. The quantitative estimate of drug-likeness (QED) is 0.0213. The summed E-state index contributed by atoms with van der Waals surface area (Å²) in [4.78, 5) is 65.1. The third-order valence-electron chi connectivity index (χ3n) is 18.0. The molecule has 11 rings (SSSR count). The van der Waals surface area contributed by atoms with Gasteiger partial charge in [0.05, 0.1) is 32.7 Å². The summed E-state index contributed by atoms with van der Waals surface area (Å²) < 4.78 is 65.7. The normalized spacial score (nSPS) is 11.9. The topological polar surface area (TPSA) is 238 Å². The van der Waals surface area contributed by atoms with Crippen molar-refractivity contribution in [1.82, 2.24) is 13.5 Å². The fourth-order valence-electron chi connectivity index (χ4n) is 11.7. The van der Waals surface area contributed by atoms with E-state index in [1.165, 1.54) is 56.6 Å². The van der Waals surface area contributed by atoms with Crippen LogP contribution in [0.5, 0.6) is 23.0 Å². The number of carboxylic acid groups (broad SMARTS) is 2. The van der Waals surface area contributed by atoms with Crippen LogP contribution >= 0.6 is 58.2 Å². The second-order valence-corrected chi connectivity index (χ2v) is 33.0. The number of ketones is 3. The molecule has 0 bridgehead atoms. The summed E-state index contributed by atoms with van der Waals surface area (Å²) >= 11 is 12.6. The number of aromatic nitrogens is 3. The van der Waals surface area contributed by atoms with Gasteiger partial charge in [0.15, 0.2) is 29.1 Å². The number of rotatable bonds is 35. The predicted octanol–water partition coefficient (Wildman–Crippen LogP) is 20.4. The molecule has 0 aliphatic rings. The molecule has 24 heteroatoms. The molecule has 11 aromatic rings. The van der Waals surface area contributed by atoms with Gasteiger partial charge in [-0.05, 0) is 287 Å². The molecule has 596 valence electrons. The first-order chi connectivity index (χ1) is 54.0. The summed E-state index contributed by atoms with van der Waals surface area (Å²) in [6.45, 7) is 23.3. The Labute approximate surface area is 684 Å². The van der Waals surface area contributed by atoms with Gasteiger partial charge in [0, 0.05) is 79.5 Å². The summed E-state index contributed by atoms with van der Waals surface area (Å²) in [5.41, 5.74) is 12.7. The number of Topliss-reactive ketones (excluding diaryl/α,β-unsaturated/α-hetero) is 2. The zero-order valence-corrected chi connectivity index (χ0v) is 70.8. The number of hydrogen-bond acceptors (Lipinski definition) is 18. The van der Waals surface area contributed by atoms with Gasteiger partial charge in [0.25, 0.3) is 10.0 Å². The number of hydrogen-bond donors (Lipinski definition) is 2. The fraction of sp³-hybridized carbons (Fsp3) is 0.303. The third-order valence-corrected chi connectivity index (χ3v) is 23.4. The van der Waals surface area contributed by atoms with Crippen LogP contribution in [0, 0.1) is 34.6 Å². The molecule has 3 aromatic heterocycles. The number of benzene rings is 8. The maximum Gasteiger partial charge on any atom is 0.333 e. The number of carbonyl (C=O) groups excluding carboxylic acids is 3. The molecule has 0 saturated heterocycles. The number of thioether (sulfide) groups is 3. The molecule has 2 N–H and O–H groups in total. The van der Waals surface area contributed by atoms with Crippen molar-refractivity contribution < 1.29 is 71.0 Å². The SMILES string of the molecule is CCO[C@@H](Cc1ccc(OCCn2c(C)ccc2-c2ccc(SC)cc2)cc1)C(=O)O.CCO[C@H](COc1ccc(C)cc1)CSc1ccc(OCC(C)=O)c(C)c1.CSc1ccc(C(=O)/C=C/c2cc(C)c(OC(C)(C)C(C)=O)c(C)c2)cc1.O=C(O)CCCc1cc2cc(Cl)ccc2n1S(=O)(=O)c1ccc2ncsc2c1. The maximum absolute atomic E-state index is 13.5. The van der Waals surface area contributed by atoms with E-state index in [1.54, 1.807) is 110 Å². The molecule has 2 atom stereocenters. The van der Waals surface area contributed by atoms with Crippen molar-refractivity contribution in [3.63, 3.8) is 0 Å². The highest BCUT2D eigenvalue weighted by atomic mass is 35.5. The van der Waals surface area contributed by atoms with Crippen LogP contribution in [0.2, 0.25) is 5.02 Å². The average molecular weight is 1650 g/mol. The molecular weight excluding hydrogens is 1550 g/mol. The van der Waals surface area contributed by atoms with Crippen molar-refractivity contribution in [3.8, 4) is 34.3 Å². The molecule has 113 heavy (non-hydrogen) atoms. The van der Waals surface area contributed by atoms with E-state index in [0.717, 1.165) is 77.4 Å². The molecule has 0 fully saturated rings. The van der Waals surface area contributed by atoms with Gasteiger partial charge in [-0.25, -0.2) is 22.2 Å². The highest BCUT2D eigenvalue weighted by molar-refractivity contribution is 7.99. The molecule has 18 nitrogen and oxygen atoms in total. The summed E-state index contributed by atoms with van der Waals surface area (Å²) in [5, 5.41) is 19.3. The largest absolute Gasteiger partial charge is 0.492 e. The predicted molar refractivity (Wildman–Crippen MR) is 458 cm³/mol. The van der Waals surface area contributed by atoms with Crippen LogP contribution in [0.1, 0.15) is 110 Å². The first-order valence-electron chi connectivity index (χ1n) is 36.8. The third kappa shape index (κ3) is 26.6. The van der Waals surface area contributed by atoms with Crippen LogP contribution < -0.4 is 18.9 Å². The minimum absolute atomic E-state index is 0.00949. The number of ether oxygens (including phenoxy) is 6. The van der Waals surface area contributed by atoms with E-state index in [9.17, 15) is 37.5 Å². The summed E-state index contributed by atoms with van der Waals surface area (Å²) in [5.74, 6) is 1.99. The summed E-state index contributed by atoms with van der Waals surface area (Å²) in [7, 11) is -3.88. The number of halogens is 1. The summed E-state index contributed by atoms with van der Waals surface area (Å²) in [6.07, 6.45) is 7.63. The van der Waals surface area contributed by atoms with Crippen LogP contribution in [0.4, 0.5) is 0 Å². The average Bonchev–Trinajstić information content (AvgIpc) is 1.54. The molecule has 8 aromatic carbocycles. The molecule has 0 unspecified atom stereocenters. The van der Waals surface area contributed by atoms with Crippen LogP contribution in [-0.2, 0) is 58.1 Å². The molecular formula is C89H98ClN3O15S5. The number of nitrogens with zero attached hydrogens (tertiary/aromatic N) is 3. The Hall–Kier alpha value is -9.43.